The van der Waals surface area contributed by atoms with Crippen molar-refractivity contribution in [3.63, 3.8) is 0 Å². The molecule has 2 heterocycles. The lowest BCUT2D eigenvalue weighted by molar-refractivity contribution is -0.142. The van der Waals surface area contributed by atoms with E-state index in [1.54, 1.807) is 9.80 Å². The molecule has 5 rings (SSSR count). The van der Waals surface area contributed by atoms with Crippen LogP contribution in [0.25, 0.3) is 10.8 Å². The number of hydrogen-bond donors (Lipinski definition) is 3. The van der Waals surface area contributed by atoms with E-state index in [9.17, 15) is 14.4 Å². The number of piperidine rings is 2. The summed E-state index contributed by atoms with van der Waals surface area (Å²) in [6.45, 7) is 4.47. The van der Waals surface area contributed by atoms with Crippen molar-refractivity contribution in [1.29, 1.82) is 0 Å². The molecule has 3 aromatic rings. The Labute approximate surface area is 248 Å². The van der Waals surface area contributed by atoms with E-state index in [-0.39, 0.29) is 23.9 Å². The van der Waals surface area contributed by atoms with Crippen LogP contribution in [-0.2, 0) is 22.4 Å². The molecule has 2 atom stereocenters. The Kier molecular flexibility index (Phi) is 9.42. The van der Waals surface area contributed by atoms with E-state index in [1.165, 1.54) is 0 Å². The number of fused-ring (bicyclic) bond motifs is 1. The van der Waals surface area contributed by atoms with Crippen molar-refractivity contribution in [2.75, 3.05) is 32.7 Å². The molecule has 0 bridgehead atoms. The summed E-state index contributed by atoms with van der Waals surface area (Å²) < 4.78 is 0. The van der Waals surface area contributed by atoms with E-state index in [1.807, 2.05) is 55.5 Å². The second-order valence-corrected chi connectivity index (χ2v) is 11.9. The normalized spacial score (nSPS) is 20.2. The summed E-state index contributed by atoms with van der Waals surface area (Å²) in [5.41, 5.74) is 7.38. The van der Waals surface area contributed by atoms with Gasteiger partial charge in [-0.15, -0.1) is 0 Å². The highest BCUT2D eigenvalue weighted by atomic mass is 16.2. The molecule has 0 aliphatic carbocycles. The van der Waals surface area contributed by atoms with Gasteiger partial charge in [-0.2, -0.15) is 0 Å². The number of nitrogens with two attached hydrogens (primary N) is 1. The lowest BCUT2D eigenvalue weighted by Gasteiger charge is -2.43. The predicted octanol–water partition coefficient (Wildman–Crippen LogP) is 3.87. The van der Waals surface area contributed by atoms with E-state index >= 15 is 0 Å². The SMILES string of the molecule is CCNC(=O)[C@]1(Cc2ccccc2)CCCN(C(=O)C(Cc2ccc3ccccc3c2)NC(=O)N2CCC(N)CC2)C1. The lowest BCUT2D eigenvalue weighted by Crippen LogP contribution is -2.59. The van der Waals surface area contributed by atoms with Crippen LogP contribution in [-0.4, -0.2) is 72.5 Å². The highest BCUT2D eigenvalue weighted by Gasteiger charge is 2.44. The van der Waals surface area contributed by atoms with Crippen molar-refractivity contribution < 1.29 is 14.4 Å². The van der Waals surface area contributed by atoms with Gasteiger partial charge in [0.05, 0.1) is 5.41 Å². The zero-order valence-corrected chi connectivity index (χ0v) is 24.6. The Morgan fingerprint density at radius 3 is 2.36 bits per heavy atom. The van der Waals surface area contributed by atoms with E-state index in [4.69, 9.17) is 5.73 Å². The van der Waals surface area contributed by atoms with Gasteiger partial charge >= 0.3 is 6.03 Å². The average Bonchev–Trinajstić information content (AvgIpc) is 3.01. The minimum atomic E-state index is -0.754. The highest BCUT2D eigenvalue weighted by Crippen LogP contribution is 2.35. The van der Waals surface area contributed by atoms with Crippen LogP contribution < -0.4 is 16.4 Å². The number of carbonyl (C=O) groups excluding carboxylic acids is 3. The molecule has 1 unspecified atom stereocenters. The lowest BCUT2D eigenvalue weighted by atomic mass is 9.74. The minimum absolute atomic E-state index is 0.0221. The van der Waals surface area contributed by atoms with Gasteiger partial charge in [-0.1, -0.05) is 72.8 Å². The maximum Gasteiger partial charge on any atom is 0.318 e. The van der Waals surface area contributed by atoms with Gasteiger partial charge in [-0.3, -0.25) is 9.59 Å². The molecular formula is C34H43N5O3. The topological polar surface area (TPSA) is 108 Å². The van der Waals surface area contributed by atoms with Gasteiger partial charge in [0.25, 0.3) is 0 Å². The van der Waals surface area contributed by atoms with Crippen molar-refractivity contribution in [3.05, 3.63) is 83.9 Å². The van der Waals surface area contributed by atoms with Gasteiger partial charge in [0, 0.05) is 45.2 Å². The van der Waals surface area contributed by atoms with Gasteiger partial charge in [-0.25, -0.2) is 4.79 Å². The van der Waals surface area contributed by atoms with Crippen molar-refractivity contribution in [3.8, 4) is 0 Å². The van der Waals surface area contributed by atoms with Crippen LogP contribution in [0.5, 0.6) is 0 Å². The van der Waals surface area contributed by atoms with Gasteiger partial charge in [0.2, 0.25) is 11.8 Å². The molecule has 0 aromatic heterocycles. The van der Waals surface area contributed by atoms with Gasteiger partial charge in [0.15, 0.2) is 0 Å². The first-order valence-electron chi connectivity index (χ1n) is 15.3. The third kappa shape index (κ3) is 6.93. The van der Waals surface area contributed by atoms with Crippen LogP contribution in [0.3, 0.4) is 0 Å². The molecule has 2 aliphatic rings. The number of hydrogen-bond acceptors (Lipinski definition) is 4. The molecule has 8 nitrogen and oxygen atoms in total. The first kappa shape index (κ1) is 29.6. The smallest absolute Gasteiger partial charge is 0.318 e. The summed E-state index contributed by atoms with van der Waals surface area (Å²) in [4.78, 5) is 44.8. The zero-order chi connectivity index (χ0) is 29.5. The summed E-state index contributed by atoms with van der Waals surface area (Å²) in [6.07, 6.45) is 3.84. The predicted molar refractivity (Wildman–Crippen MR) is 166 cm³/mol. The fourth-order valence-electron chi connectivity index (χ4n) is 6.43. The number of urea groups is 1. The largest absolute Gasteiger partial charge is 0.356 e. The molecule has 4 amide bonds. The van der Waals surface area contributed by atoms with E-state index in [2.05, 4.69) is 34.9 Å². The molecule has 0 radical (unpaired) electrons. The molecule has 3 aromatic carbocycles. The standard InChI is InChI=1S/C34H43N5O3/c1-2-36-32(41)34(23-25-9-4-3-5-10-25)17-8-18-39(24-34)31(40)30(37-33(42)38-19-15-29(35)16-20-38)22-26-13-14-27-11-6-7-12-28(27)21-26/h3-7,9-14,21,29-30H,2,8,15-20,22-24,35H2,1H3,(H,36,41)(H,37,42)/t30?,34-/m0/s1. The van der Waals surface area contributed by atoms with Crippen LogP contribution in [0.1, 0.15) is 43.7 Å². The summed E-state index contributed by atoms with van der Waals surface area (Å²) in [7, 11) is 0. The molecule has 4 N–H and O–H groups in total. The summed E-state index contributed by atoms with van der Waals surface area (Å²) in [6, 6.07) is 23.4. The van der Waals surface area contributed by atoms with Crippen LogP contribution in [0.4, 0.5) is 4.79 Å². The Bertz CT molecular complexity index is 1390. The van der Waals surface area contributed by atoms with E-state index in [0.29, 0.717) is 52.0 Å². The van der Waals surface area contributed by atoms with Crippen LogP contribution in [0.2, 0.25) is 0 Å². The van der Waals surface area contributed by atoms with E-state index in [0.717, 1.165) is 41.2 Å². The second kappa shape index (κ2) is 13.4. The molecule has 42 heavy (non-hydrogen) atoms. The Morgan fingerprint density at radius 2 is 1.62 bits per heavy atom. The zero-order valence-electron chi connectivity index (χ0n) is 24.6. The Balaban J connectivity index is 1.40. The number of benzene rings is 3. The van der Waals surface area contributed by atoms with Crippen molar-refractivity contribution in [2.24, 2.45) is 11.1 Å². The first-order chi connectivity index (χ1) is 20.4. The summed E-state index contributed by atoms with van der Waals surface area (Å²) in [5, 5.41) is 8.34. The molecule has 0 spiro atoms. The quantitative estimate of drug-likeness (QED) is 0.383. The number of nitrogens with zero attached hydrogens (tertiary/aromatic N) is 2. The number of amides is 4. The number of rotatable bonds is 8. The average molecular weight is 570 g/mol. The van der Waals surface area contributed by atoms with Crippen molar-refractivity contribution in [1.82, 2.24) is 20.4 Å². The fourth-order valence-corrected chi connectivity index (χ4v) is 6.43. The fraction of sp³-hybridized carbons (Fsp3) is 0.441. The molecule has 0 saturated carbocycles. The van der Waals surface area contributed by atoms with Crippen LogP contribution in [0.15, 0.2) is 72.8 Å². The highest BCUT2D eigenvalue weighted by molar-refractivity contribution is 5.90. The van der Waals surface area contributed by atoms with E-state index < -0.39 is 11.5 Å². The molecule has 2 saturated heterocycles. The second-order valence-electron chi connectivity index (χ2n) is 11.9. The third-order valence-electron chi connectivity index (χ3n) is 8.77. The maximum atomic E-state index is 14.3. The molecule has 222 valence electrons. The Hall–Kier alpha value is -3.91. The van der Waals surface area contributed by atoms with Gasteiger partial charge in [-0.05, 0) is 60.9 Å². The molecular weight excluding hydrogens is 526 g/mol. The maximum absolute atomic E-state index is 14.3. The number of nitrogens with one attached hydrogen (secondary N) is 2. The molecule has 2 aliphatic heterocycles. The number of carbonyl (C=O) groups is 3. The summed E-state index contributed by atoms with van der Waals surface area (Å²) in [5.74, 6) is -0.169. The van der Waals surface area contributed by atoms with Crippen molar-refractivity contribution >= 4 is 28.6 Å². The molecule has 2 fully saturated rings. The van der Waals surface area contributed by atoms with Gasteiger partial charge < -0.3 is 26.2 Å². The Morgan fingerprint density at radius 1 is 0.905 bits per heavy atom. The monoisotopic (exact) mass is 569 g/mol. The minimum Gasteiger partial charge on any atom is -0.356 e. The van der Waals surface area contributed by atoms with Crippen LogP contribution in [0, 0.1) is 5.41 Å². The van der Waals surface area contributed by atoms with Gasteiger partial charge in [0.1, 0.15) is 6.04 Å². The summed E-state index contributed by atoms with van der Waals surface area (Å²) >= 11 is 0. The first-order valence-corrected chi connectivity index (χ1v) is 15.3. The number of likely N-dealkylation sites (tertiary alicyclic amines) is 2. The van der Waals surface area contributed by atoms with Crippen LogP contribution >= 0.6 is 0 Å². The third-order valence-corrected chi connectivity index (χ3v) is 8.77. The van der Waals surface area contributed by atoms with Crippen molar-refractivity contribution in [2.45, 2.75) is 57.5 Å². The molecule has 8 heteroatoms.